The molecule has 81 valence electrons. The summed E-state index contributed by atoms with van der Waals surface area (Å²) in [6, 6.07) is 11.8. The number of anilines is 1. The molecule has 1 fully saturated rings. The molecule has 0 aliphatic heterocycles. The van der Waals surface area contributed by atoms with E-state index in [9.17, 15) is 0 Å². The summed E-state index contributed by atoms with van der Waals surface area (Å²) in [4.78, 5) is 0. The predicted octanol–water partition coefficient (Wildman–Crippen LogP) is 2.76. The normalized spacial score (nSPS) is 17.7. The van der Waals surface area contributed by atoms with E-state index in [0.29, 0.717) is 6.04 Å². The standard InChI is InChI=1S/C13H19N2/c1-15(13-10-6-3-7-11-13)14-12-8-4-2-5-9-12/h6-7,10-12,14H,2,4-5,8-9H2,1H3. The van der Waals surface area contributed by atoms with Crippen LogP contribution in [-0.2, 0) is 0 Å². The maximum Gasteiger partial charge on any atom is 0.0516 e. The first-order valence-corrected chi connectivity index (χ1v) is 5.82. The molecular formula is C13H19N2. The van der Waals surface area contributed by atoms with Crippen LogP contribution in [0.3, 0.4) is 0 Å². The van der Waals surface area contributed by atoms with E-state index in [2.05, 4.69) is 35.7 Å². The van der Waals surface area contributed by atoms with Crippen LogP contribution in [0.2, 0.25) is 0 Å². The fourth-order valence-electron chi connectivity index (χ4n) is 2.18. The number of hydrogen-bond donors (Lipinski definition) is 1. The van der Waals surface area contributed by atoms with Crippen LogP contribution in [0.15, 0.2) is 24.3 Å². The molecule has 0 bridgehead atoms. The molecule has 0 atom stereocenters. The van der Waals surface area contributed by atoms with Gasteiger partial charge in [0.1, 0.15) is 0 Å². The highest BCUT2D eigenvalue weighted by Gasteiger charge is 2.14. The Bertz CT molecular complexity index is 278. The highest BCUT2D eigenvalue weighted by atomic mass is 15.5. The Morgan fingerprint density at radius 2 is 1.87 bits per heavy atom. The molecule has 1 aromatic rings. The summed E-state index contributed by atoms with van der Waals surface area (Å²) in [7, 11) is 2.09. The summed E-state index contributed by atoms with van der Waals surface area (Å²) in [5, 5.41) is 2.13. The second kappa shape index (κ2) is 5.17. The van der Waals surface area contributed by atoms with Gasteiger partial charge in [-0.05, 0) is 31.0 Å². The minimum Gasteiger partial charge on any atom is -0.311 e. The van der Waals surface area contributed by atoms with Crippen molar-refractivity contribution in [2.75, 3.05) is 12.1 Å². The van der Waals surface area contributed by atoms with Crippen LogP contribution in [-0.4, -0.2) is 13.1 Å². The van der Waals surface area contributed by atoms with Crippen molar-refractivity contribution in [3.8, 4) is 0 Å². The molecule has 15 heavy (non-hydrogen) atoms. The third-order valence-corrected chi connectivity index (χ3v) is 3.07. The lowest BCUT2D eigenvalue weighted by molar-refractivity contribution is 0.371. The maximum absolute atomic E-state index is 3.55. The first-order valence-electron chi connectivity index (χ1n) is 5.82. The summed E-state index contributed by atoms with van der Waals surface area (Å²) in [6.45, 7) is 0. The molecular weight excluding hydrogens is 184 g/mol. The molecule has 0 saturated heterocycles. The van der Waals surface area contributed by atoms with Crippen molar-refractivity contribution in [3.05, 3.63) is 30.3 Å². The van der Waals surface area contributed by atoms with Gasteiger partial charge in [-0.25, -0.2) is 5.43 Å². The van der Waals surface area contributed by atoms with Gasteiger partial charge in [-0.2, -0.15) is 0 Å². The van der Waals surface area contributed by atoms with Crippen molar-refractivity contribution in [2.24, 2.45) is 0 Å². The summed E-state index contributed by atoms with van der Waals surface area (Å²) in [5.41, 5.74) is 4.76. The number of benzene rings is 1. The van der Waals surface area contributed by atoms with Crippen LogP contribution in [0.1, 0.15) is 32.1 Å². The topological polar surface area (TPSA) is 15.3 Å². The molecule has 1 saturated carbocycles. The highest BCUT2D eigenvalue weighted by Crippen LogP contribution is 2.18. The number of hydrogen-bond acceptors (Lipinski definition) is 2. The van der Waals surface area contributed by atoms with E-state index < -0.39 is 0 Å². The van der Waals surface area contributed by atoms with Gasteiger partial charge in [-0.15, -0.1) is 0 Å². The monoisotopic (exact) mass is 203 g/mol. The van der Waals surface area contributed by atoms with Gasteiger partial charge < -0.3 is 5.01 Å². The Labute approximate surface area is 92.3 Å². The van der Waals surface area contributed by atoms with Gasteiger partial charge in [0, 0.05) is 13.1 Å². The molecule has 2 heteroatoms. The van der Waals surface area contributed by atoms with E-state index in [0.717, 1.165) is 0 Å². The first kappa shape index (κ1) is 10.5. The fourth-order valence-corrected chi connectivity index (χ4v) is 2.18. The minimum absolute atomic E-state index is 0.660. The van der Waals surface area contributed by atoms with Crippen LogP contribution >= 0.6 is 0 Å². The number of nitrogens with zero attached hydrogens (tertiary/aromatic N) is 1. The van der Waals surface area contributed by atoms with Gasteiger partial charge in [0.2, 0.25) is 0 Å². The van der Waals surface area contributed by atoms with Crippen molar-refractivity contribution in [2.45, 2.75) is 38.1 Å². The van der Waals surface area contributed by atoms with E-state index in [4.69, 9.17) is 0 Å². The molecule has 0 aromatic heterocycles. The Morgan fingerprint density at radius 3 is 2.53 bits per heavy atom. The van der Waals surface area contributed by atoms with Gasteiger partial charge in [0.15, 0.2) is 0 Å². The Morgan fingerprint density at radius 1 is 1.20 bits per heavy atom. The van der Waals surface area contributed by atoms with Crippen molar-refractivity contribution in [1.29, 1.82) is 0 Å². The predicted molar refractivity (Wildman–Crippen MR) is 63.7 cm³/mol. The first-order chi connectivity index (χ1) is 7.36. The Hall–Kier alpha value is -1.02. The number of nitrogens with one attached hydrogen (secondary N) is 1. The summed E-state index contributed by atoms with van der Waals surface area (Å²) < 4.78 is 0. The lowest BCUT2D eigenvalue weighted by Crippen LogP contribution is -2.43. The van der Waals surface area contributed by atoms with Gasteiger partial charge >= 0.3 is 0 Å². The molecule has 2 nitrogen and oxygen atoms in total. The second-order valence-electron chi connectivity index (χ2n) is 4.28. The van der Waals surface area contributed by atoms with Crippen molar-refractivity contribution < 1.29 is 0 Å². The molecule has 0 amide bonds. The highest BCUT2D eigenvalue weighted by molar-refractivity contribution is 5.43. The van der Waals surface area contributed by atoms with E-state index in [-0.39, 0.29) is 0 Å². The average Bonchev–Trinajstić information content (AvgIpc) is 2.31. The molecule has 1 radical (unpaired) electrons. The maximum atomic E-state index is 3.55. The SMILES string of the molecule is CN(NC1CCCCC1)c1cc[c]cc1. The van der Waals surface area contributed by atoms with E-state index in [1.807, 2.05) is 12.1 Å². The van der Waals surface area contributed by atoms with Crippen LogP contribution in [0, 0.1) is 6.07 Å². The Balaban J connectivity index is 1.88. The molecule has 1 N–H and O–H groups in total. The van der Waals surface area contributed by atoms with E-state index in [1.54, 1.807) is 0 Å². The van der Waals surface area contributed by atoms with Crippen molar-refractivity contribution in [3.63, 3.8) is 0 Å². The molecule has 0 unspecified atom stereocenters. The van der Waals surface area contributed by atoms with Gasteiger partial charge in [-0.1, -0.05) is 31.4 Å². The van der Waals surface area contributed by atoms with Crippen LogP contribution in [0.5, 0.6) is 0 Å². The molecule has 1 aliphatic rings. The molecule has 0 heterocycles. The van der Waals surface area contributed by atoms with Crippen molar-refractivity contribution >= 4 is 5.69 Å². The summed E-state index contributed by atoms with van der Waals surface area (Å²) in [5.74, 6) is 0. The largest absolute Gasteiger partial charge is 0.311 e. The minimum atomic E-state index is 0.660. The zero-order chi connectivity index (χ0) is 10.5. The lowest BCUT2D eigenvalue weighted by Gasteiger charge is -2.29. The van der Waals surface area contributed by atoms with E-state index >= 15 is 0 Å². The summed E-state index contributed by atoms with van der Waals surface area (Å²) >= 11 is 0. The van der Waals surface area contributed by atoms with Gasteiger partial charge in [0.25, 0.3) is 0 Å². The number of rotatable bonds is 3. The van der Waals surface area contributed by atoms with Crippen LogP contribution in [0.25, 0.3) is 0 Å². The van der Waals surface area contributed by atoms with Crippen LogP contribution < -0.4 is 10.4 Å². The second-order valence-corrected chi connectivity index (χ2v) is 4.28. The quantitative estimate of drug-likeness (QED) is 0.760. The third kappa shape index (κ3) is 2.96. The molecule has 2 rings (SSSR count). The number of hydrazine groups is 1. The van der Waals surface area contributed by atoms with Gasteiger partial charge in [-0.3, -0.25) is 0 Å². The molecule has 0 spiro atoms. The van der Waals surface area contributed by atoms with Crippen molar-refractivity contribution in [1.82, 2.24) is 5.43 Å². The van der Waals surface area contributed by atoms with E-state index in [1.165, 1.54) is 37.8 Å². The van der Waals surface area contributed by atoms with Gasteiger partial charge in [0.05, 0.1) is 5.69 Å². The zero-order valence-corrected chi connectivity index (χ0v) is 9.37. The summed E-state index contributed by atoms with van der Waals surface area (Å²) in [6.07, 6.45) is 6.76. The third-order valence-electron chi connectivity index (χ3n) is 3.07. The lowest BCUT2D eigenvalue weighted by atomic mass is 9.96. The smallest absolute Gasteiger partial charge is 0.0516 e. The van der Waals surface area contributed by atoms with Crippen LogP contribution in [0.4, 0.5) is 5.69 Å². The fraction of sp³-hybridized carbons (Fsp3) is 0.538. The Kier molecular flexibility index (Phi) is 3.62. The average molecular weight is 203 g/mol. The zero-order valence-electron chi connectivity index (χ0n) is 9.37. The molecule has 1 aromatic carbocycles. The molecule has 1 aliphatic carbocycles.